The van der Waals surface area contributed by atoms with Gasteiger partial charge in [-0.1, -0.05) is 17.8 Å². The van der Waals surface area contributed by atoms with Crippen molar-refractivity contribution < 1.29 is 18.7 Å². The standard InChI is InChI=1S/C28H32FN5O3S/c1-16-13-20(37-19-7-3-5-17(29)14-19)8-9-21(16)34-22-10-11-30-27-23(22)24(32-28(34)36)25(38-27)26(35)31-18-6-4-12-33(2)15-18/h3,5,7-9,13-14,18,22-23,27,30H,4,6,10-12,15H2,1-2H3,(H,31,35)(H,32,36)/t18-,22?,23?,27?/m1/s1. The van der Waals surface area contributed by atoms with Crippen molar-refractivity contribution in [3.63, 3.8) is 0 Å². The van der Waals surface area contributed by atoms with Gasteiger partial charge in [-0.25, -0.2) is 9.18 Å². The molecule has 2 aromatic carbocycles. The molecule has 4 heterocycles. The van der Waals surface area contributed by atoms with Crippen LogP contribution in [0.2, 0.25) is 0 Å². The third-order valence-electron chi connectivity index (χ3n) is 7.77. The number of nitrogens with zero attached hydrogens (tertiary/aromatic N) is 2. The lowest BCUT2D eigenvalue weighted by atomic mass is 9.86. The number of ether oxygens (including phenoxy) is 1. The zero-order chi connectivity index (χ0) is 26.4. The van der Waals surface area contributed by atoms with Crippen LogP contribution in [0.4, 0.5) is 14.9 Å². The number of benzene rings is 2. The molecule has 3 unspecified atom stereocenters. The maximum atomic E-state index is 13.6. The number of aryl methyl sites for hydroxylation is 1. The molecule has 3 saturated heterocycles. The lowest BCUT2D eigenvalue weighted by Gasteiger charge is -2.46. The van der Waals surface area contributed by atoms with Crippen molar-refractivity contribution in [3.05, 3.63) is 64.4 Å². The average molecular weight is 538 g/mol. The molecule has 10 heteroatoms. The number of thioether (sulfide) groups is 1. The number of rotatable bonds is 5. The Kier molecular flexibility index (Phi) is 6.79. The molecule has 0 saturated carbocycles. The summed E-state index contributed by atoms with van der Waals surface area (Å²) in [6, 6.07) is 11.4. The number of anilines is 1. The molecule has 0 aliphatic carbocycles. The van der Waals surface area contributed by atoms with E-state index in [2.05, 4.69) is 27.9 Å². The zero-order valence-corrected chi connectivity index (χ0v) is 22.3. The van der Waals surface area contributed by atoms with Gasteiger partial charge in [0.15, 0.2) is 0 Å². The first-order chi connectivity index (χ1) is 18.4. The highest BCUT2D eigenvalue weighted by Crippen LogP contribution is 2.48. The molecule has 0 radical (unpaired) electrons. The molecule has 2 aromatic rings. The molecule has 200 valence electrons. The van der Waals surface area contributed by atoms with Gasteiger partial charge in [0, 0.05) is 36.0 Å². The van der Waals surface area contributed by atoms with Gasteiger partial charge in [-0.2, -0.15) is 0 Å². The van der Waals surface area contributed by atoms with Gasteiger partial charge in [0.2, 0.25) is 0 Å². The van der Waals surface area contributed by atoms with Crippen molar-refractivity contribution >= 4 is 29.4 Å². The number of likely N-dealkylation sites (tertiary alicyclic amines) is 1. The number of hydrogen-bond donors (Lipinski definition) is 3. The summed E-state index contributed by atoms with van der Waals surface area (Å²) in [5.41, 5.74) is 2.41. The lowest BCUT2D eigenvalue weighted by Crippen LogP contribution is -2.62. The van der Waals surface area contributed by atoms with Crippen molar-refractivity contribution in [3.8, 4) is 11.5 Å². The number of amides is 3. The van der Waals surface area contributed by atoms with Crippen molar-refractivity contribution in [2.75, 3.05) is 31.6 Å². The molecule has 38 heavy (non-hydrogen) atoms. The summed E-state index contributed by atoms with van der Waals surface area (Å²) in [4.78, 5) is 31.6. The van der Waals surface area contributed by atoms with Crippen LogP contribution in [0.15, 0.2) is 53.1 Å². The van der Waals surface area contributed by atoms with Gasteiger partial charge < -0.3 is 25.6 Å². The normalized spacial score (nSPS) is 27.1. The number of likely N-dealkylation sites (N-methyl/N-ethyl adjacent to an activating group) is 1. The van der Waals surface area contributed by atoms with E-state index in [1.54, 1.807) is 18.2 Å². The topological polar surface area (TPSA) is 85.9 Å². The second-order valence-corrected chi connectivity index (χ2v) is 11.7. The van der Waals surface area contributed by atoms with E-state index in [1.807, 2.05) is 24.0 Å². The Morgan fingerprint density at radius 3 is 2.82 bits per heavy atom. The van der Waals surface area contributed by atoms with E-state index in [-0.39, 0.29) is 41.1 Å². The van der Waals surface area contributed by atoms with Crippen LogP contribution in [0, 0.1) is 18.7 Å². The summed E-state index contributed by atoms with van der Waals surface area (Å²) in [6.07, 6.45) is 2.81. The Morgan fingerprint density at radius 2 is 2.03 bits per heavy atom. The van der Waals surface area contributed by atoms with Gasteiger partial charge in [0.1, 0.15) is 17.3 Å². The SMILES string of the molecule is Cc1cc(Oc2cccc(F)c2)ccc1N1C(=O)NC2=C(C(=O)N[C@@H]3CCCN(C)C3)SC3NCCC1C23. The molecule has 3 fully saturated rings. The highest BCUT2D eigenvalue weighted by atomic mass is 32.2. The third kappa shape index (κ3) is 4.76. The number of carbonyl (C=O) groups excluding carboxylic acids is 2. The van der Waals surface area contributed by atoms with Gasteiger partial charge in [0.05, 0.1) is 16.3 Å². The van der Waals surface area contributed by atoms with Gasteiger partial charge >= 0.3 is 6.03 Å². The Bertz CT molecular complexity index is 1300. The quantitative estimate of drug-likeness (QED) is 0.536. The van der Waals surface area contributed by atoms with Crippen LogP contribution in [0.5, 0.6) is 11.5 Å². The van der Waals surface area contributed by atoms with Gasteiger partial charge in [0.25, 0.3) is 5.91 Å². The first kappa shape index (κ1) is 25.2. The molecule has 4 aliphatic heterocycles. The molecule has 3 N–H and O–H groups in total. The predicted molar refractivity (Wildman–Crippen MR) is 146 cm³/mol. The molecule has 4 aliphatic rings. The maximum absolute atomic E-state index is 13.6. The minimum absolute atomic E-state index is 0.0103. The highest BCUT2D eigenvalue weighted by molar-refractivity contribution is 8.04. The van der Waals surface area contributed by atoms with E-state index < -0.39 is 0 Å². The van der Waals surface area contributed by atoms with E-state index in [0.717, 1.165) is 55.8 Å². The maximum Gasteiger partial charge on any atom is 0.326 e. The van der Waals surface area contributed by atoms with E-state index >= 15 is 0 Å². The number of nitrogens with one attached hydrogen (secondary N) is 3. The Balaban J connectivity index is 1.24. The van der Waals surface area contributed by atoms with E-state index in [9.17, 15) is 14.0 Å². The van der Waals surface area contributed by atoms with Crippen LogP contribution in [0.1, 0.15) is 24.8 Å². The number of piperidine rings is 2. The Hall–Kier alpha value is -3.08. The van der Waals surface area contributed by atoms with Gasteiger partial charge in [-0.15, -0.1) is 0 Å². The molecule has 8 nitrogen and oxygen atoms in total. The monoisotopic (exact) mass is 537 g/mol. The summed E-state index contributed by atoms with van der Waals surface area (Å²) >= 11 is 1.53. The highest BCUT2D eigenvalue weighted by Gasteiger charge is 2.52. The molecular weight excluding hydrogens is 505 g/mol. The molecule has 3 amide bonds. The smallest absolute Gasteiger partial charge is 0.326 e. The molecular formula is C28H32FN5O3S. The number of carbonyl (C=O) groups is 2. The van der Waals surface area contributed by atoms with Crippen LogP contribution < -0.4 is 25.6 Å². The summed E-state index contributed by atoms with van der Waals surface area (Å²) < 4.78 is 19.4. The van der Waals surface area contributed by atoms with E-state index in [4.69, 9.17) is 4.74 Å². The zero-order valence-electron chi connectivity index (χ0n) is 21.5. The number of halogens is 1. The first-order valence-corrected chi connectivity index (χ1v) is 14.0. The fourth-order valence-corrected chi connectivity index (χ4v) is 7.46. The molecule has 4 atom stereocenters. The van der Waals surface area contributed by atoms with E-state index in [0.29, 0.717) is 16.4 Å². The van der Waals surface area contributed by atoms with Crippen molar-refractivity contribution in [1.29, 1.82) is 0 Å². The minimum atomic E-state index is -0.362. The first-order valence-electron chi connectivity index (χ1n) is 13.2. The molecule has 0 bridgehead atoms. The lowest BCUT2D eigenvalue weighted by molar-refractivity contribution is -0.117. The van der Waals surface area contributed by atoms with Crippen LogP contribution in [-0.2, 0) is 4.79 Å². The summed E-state index contributed by atoms with van der Waals surface area (Å²) in [5.74, 6) is 0.519. The fraction of sp³-hybridized carbons (Fsp3) is 0.429. The van der Waals surface area contributed by atoms with Crippen LogP contribution in [0.25, 0.3) is 0 Å². The second kappa shape index (κ2) is 10.2. The summed E-state index contributed by atoms with van der Waals surface area (Å²) in [6.45, 7) is 4.59. The van der Waals surface area contributed by atoms with Gasteiger partial charge in [-0.3, -0.25) is 9.69 Å². The summed E-state index contributed by atoms with van der Waals surface area (Å²) in [5, 5.41) is 9.87. The third-order valence-corrected chi connectivity index (χ3v) is 9.12. The largest absolute Gasteiger partial charge is 0.457 e. The average Bonchev–Trinajstić information content (AvgIpc) is 3.25. The number of hydrogen-bond acceptors (Lipinski definition) is 6. The van der Waals surface area contributed by atoms with E-state index in [1.165, 1.54) is 23.9 Å². The summed E-state index contributed by atoms with van der Waals surface area (Å²) in [7, 11) is 2.08. The van der Waals surface area contributed by atoms with Crippen molar-refractivity contribution in [2.45, 2.75) is 43.6 Å². The molecule has 0 aromatic heterocycles. The predicted octanol–water partition coefficient (Wildman–Crippen LogP) is 3.93. The number of urea groups is 1. The van der Waals surface area contributed by atoms with Crippen LogP contribution >= 0.6 is 11.8 Å². The van der Waals surface area contributed by atoms with Crippen LogP contribution in [-0.4, -0.2) is 61.0 Å². The van der Waals surface area contributed by atoms with Gasteiger partial charge in [-0.05, 0) is 82.2 Å². The van der Waals surface area contributed by atoms with Crippen LogP contribution in [0.3, 0.4) is 0 Å². The minimum Gasteiger partial charge on any atom is -0.457 e. The van der Waals surface area contributed by atoms with Crippen molar-refractivity contribution in [2.24, 2.45) is 5.92 Å². The molecule has 6 rings (SSSR count). The van der Waals surface area contributed by atoms with Crippen molar-refractivity contribution in [1.82, 2.24) is 20.9 Å². The Labute approximate surface area is 226 Å². The molecule has 0 spiro atoms. The Morgan fingerprint density at radius 1 is 1.18 bits per heavy atom. The fourth-order valence-electron chi connectivity index (χ4n) is 6.07. The second-order valence-electron chi connectivity index (χ2n) is 10.5.